The molecule has 1 saturated heterocycles. The maximum Gasteiger partial charge on any atom is 0.295 e. The quantitative estimate of drug-likeness (QED) is 0.278. The van der Waals surface area contributed by atoms with Gasteiger partial charge in [-0.05, 0) is 66.4 Å². The predicted molar refractivity (Wildman–Crippen MR) is 131 cm³/mol. The number of nitrogens with zero attached hydrogens (tertiary/aromatic N) is 2. The molecule has 1 N–H and O–H groups in total. The first-order chi connectivity index (χ1) is 16.4. The van der Waals surface area contributed by atoms with Gasteiger partial charge in [-0.25, -0.2) is 0 Å². The van der Waals surface area contributed by atoms with E-state index in [0.29, 0.717) is 28.5 Å². The van der Waals surface area contributed by atoms with Gasteiger partial charge in [0, 0.05) is 29.5 Å². The van der Waals surface area contributed by atoms with Crippen LogP contribution in [0.4, 0.5) is 0 Å². The lowest BCUT2D eigenvalue weighted by Crippen LogP contribution is -2.29. The summed E-state index contributed by atoms with van der Waals surface area (Å²) in [5.41, 5.74) is 2.76. The molecule has 4 rings (SSSR count). The second-order valence-corrected chi connectivity index (χ2v) is 8.60. The topological polar surface area (TPSA) is 79.7 Å². The second-order valence-electron chi connectivity index (χ2n) is 8.17. The van der Waals surface area contributed by atoms with Crippen molar-refractivity contribution in [1.82, 2.24) is 9.88 Å². The third-order valence-corrected chi connectivity index (χ3v) is 5.96. The standard InChI is InChI=1S/C27H25ClN2O4/c1-3-13-34-22-11-8-20(14-17(22)2)25(31)23-24(19-6-9-21(28)10-7-19)30(27(33)26(23)32)16-18-5-4-12-29-15-18/h4-12,14-15,24,31H,3,13,16H2,1-2H3/b25-23+. The van der Waals surface area contributed by atoms with Gasteiger partial charge in [0.05, 0.1) is 18.2 Å². The Labute approximate surface area is 203 Å². The Balaban J connectivity index is 1.81. The fourth-order valence-electron chi connectivity index (χ4n) is 4.05. The minimum Gasteiger partial charge on any atom is -0.507 e. The fourth-order valence-corrected chi connectivity index (χ4v) is 4.18. The highest BCUT2D eigenvalue weighted by atomic mass is 35.5. The van der Waals surface area contributed by atoms with Crippen molar-refractivity contribution in [2.24, 2.45) is 0 Å². The number of hydrogen-bond acceptors (Lipinski definition) is 5. The van der Waals surface area contributed by atoms with Crippen LogP contribution < -0.4 is 4.74 Å². The predicted octanol–water partition coefficient (Wildman–Crippen LogP) is 5.45. The molecule has 0 bridgehead atoms. The number of halogens is 1. The number of carbonyl (C=O) groups excluding carboxylic acids is 2. The molecule has 174 valence electrons. The van der Waals surface area contributed by atoms with Gasteiger partial charge in [0.2, 0.25) is 0 Å². The van der Waals surface area contributed by atoms with Crippen LogP contribution in [-0.2, 0) is 16.1 Å². The average molecular weight is 477 g/mol. The maximum atomic E-state index is 13.2. The minimum atomic E-state index is -0.770. The highest BCUT2D eigenvalue weighted by molar-refractivity contribution is 6.46. The average Bonchev–Trinajstić information content (AvgIpc) is 3.09. The Morgan fingerprint density at radius 1 is 1.15 bits per heavy atom. The lowest BCUT2D eigenvalue weighted by atomic mass is 9.94. The lowest BCUT2D eigenvalue weighted by molar-refractivity contribution is -0.140. The van der Waals surface area contributed by atoms with E-state index in [2.05, 4.69) is 4.98 Å². The van der Waals surface area contributed by atoms with Crippen molar-refractivity contribution in [1.29, 1.82) is 0 Å². The van der Waals surface area contributed by atoms with Crippen molar-refractivity contribution in [2.45, 2.75) is 32.9 Å². The van der Waals surface area contributed by atoms with E-state index in [1.807, 2.05) is 19.9 Å². The van der Waals surface area contributed by atoms with Crippen LogP contribution in [0.1, 0.15) is 41.6 Å². The van der Waals surface area contributed by atoms with Crippen LogP contribution >= 0.6 is 11.6 Å². The number of aromatic nitrogens is 1. The molecule has 1 unspecified atom stereocenters. The maximum absolute atomic E-state index is 13.2. The van der Waals surface area contributed by atoms with Gasteiger partial charge in [-0.15, -0.1) is 0 Å². The van der Waals surface area contributed by atoms with Gasteiger partial charge < -0.3 is 14.7 Å². The van der Waals surface area contributed by atoms with Crippen LogP contribution in [0.15, 0.2) is 72.6 Å². The number of benzene rings is 2. The lowest BCUT2D eigenvalue weighted by Gasteiger charge is -2.25. The zero-order valence-electron chi connectivity index (χ0n) is 19.0. The molecule has 0 aliphatic carbocycles. The molecule has 0 saturated carbocycles. The summed E-state index contributed by atoms with van der Waals surface area (Å²) in [7, 11) is 0. The van der Waals surface area contributed by atoms with Gasteiger partial charge in [-0.3, -0.25) is 14.6 Å². The van der Waals surface area contributed by atoms with Gasteiger partial charge >= 0.3 is 0 Å². The summed E-state index contributed by atoms with van der Waals surface area (Å²) in [6.45, 7) is 4.66. The molecule has 1 fully saturated rings. The number of rotatable bonds is 7. The van der Waals surface area contributed by atoms with Gasteiger partial charge in [-0.1, -0.05) is 36.7 Å². The van der Waals surface area contributed by atoms with Crippen LogP contribution in [0.25, 0.3) is 5.76 Å². The highest BCUT2D eigenvalue weighted by Gasteiger charge is 2.46. The largest absolute Gasteiger partial charge is 0.507 e. The van der Waals surface area contributed by atoms with E-state index < -0.39 is 17.7 Å². The van der Waals surface area contributed by atoms with E-state index in [9.17, 15) is 14.7 Å². The normalized spacial score (nSPS) is 17.3. The van der Waals surface area contributed by atoms with Crippen molar-refractivity contribution in [3.8, 4) is 5.75 Å². The number of aliphatic hydroxyl groups is 1. The summed E-state index contributed by atoms with van der Waals surface area (Å²) in [6.07, 6.45) is 4.17. The summed E-state index contributed by atoms with van der Waals surface area (Å²) in [5, 5.41) is 11.8. The number of carbonyl (C=O) groups is 2. The van der Waals surface area contributed by atoms with Crippen molar-refractivity contribution in [3.05, 3.63) is 99.8 Å². The first kappa shape index (κ1) is 23.5. The molecule has 1 aliphatic rings. The monoisotopic (exact) mass is 476 g/mol. The van der Waals surface area contributed by atoms with Crippen LogP contribution in [0.5, 0.6) is 5.75 Å². The first-order valence-corrected chi connectivity index (χ1v) is 11.4. The number of aliphatic hydroxyl groups excluding tert-OH is 1. The fraction of sp³-hybridized carbons (Fsp3) is 0.222. The van der Waals surface area contributed by atoms with Crippen LogP contribution in [-0.4, -0.2) is 33.3 Å². The van der Waals surface area contributed by atoms with E-state index >= 15 is 0 Å². The molecule has 0 radical (unpaired) electrons. The molecule has 0 spiro atoms. The molecular formula is C27H25ClN2O4. The van der Waals surface area contributed by atoms with E-state index in [-0.39, 0.29) is 17.9 Å². The van der Waals surface area contributed by atoms with Crippen molar-refractivity contribution in [3.63, 3.8) is 0 Å². The molecule has 34 heavy (non-hydrogen) atoms. The summed E-state index contributed by atoms with van der Waals surface area (Å²) >= 11 is 6.08. The number of amides is 1. The smallest absolute Gasteiger partial charge is 0.295 e. The molecule has 7 heteroatoms. The molecule has 1 aromatic heterocycles. The third-order valence-electron chi connectivity index (χ3n) is 5.71. The zero-order chi connectivity index (χ0) is 24.2. The SMILES string of the molecule is CCCOc1ccc(/C(O)=C2\C(=O)C(=O)N(Cc3cccnc3)C2c2ccc(Cl)cc2)cc1C. The number of aryl methyl sites for hydroxylation is 1. The van der Waals surface area contributed by atoms with E-state index in [1.54, 1.807) is 60.9 Å². The van der Waals surface area contributed by atoms with E-state index in [4.69, 9.17) is 16.3 Å². The Bertz CT molecular complexity index is 1240. The Morgan fingerprint density at radius 2 is 1.91 bits per heavy atom. The molecule has 3 aromatic rings. The summed E-state index contributed by atoms with van der Waals surface area (Å²) in [5.74, 6) is -0.919. The molecular weight excluding hydrogens is 452 g/mol. The molecule has 1 aliphatic heterocycles. The number of ether oxygens (including phenoxy) is 1. The van der Waals surface area contributed by atoms with Crippen LogP contribution in [0.2, 0.25) is 5.02 Å². The number of pyridine rings is 1. The van der Waals surface area contributed by atoms with Gasteiger partial charge in [0.1, 0.15) is 11.5 Å². The highest BCUT2D eigenvalue weighted by Crippen LogP contribution is 2.41. The summed E-state index contributed by atoms with van der Waals surface area (Å²) in [4.78, 5) is 31.9. The summed E-state index contributed by atoms with van der Waals surface area (Å²) in [6, 6.07) is 15.0. The molecule has 2 aromatic carbocycles. The van der Waals surface area contributed by atoms with Crippen molar-refractivity contribution >= 4 is 29.1 Å². The number of hydrogen-bond donors (Lipinski definition) is 1. The zero-order valence-corrected chi connectivity index (χ0v) is 19.7. The molecule has 2 heterocycles. The minimum absolute atomic E-state index is 0.0397. The third kappa shape index (κ3) is 4.68. The number of Topliss-reactive ketones (excluding diaryl/α,β-unsaturated/α-hetero) is 1. The Kier molecular flexibility index (Phi) is 6.98. The Morgan fingerprint density at radius 3 is 2.56 bits per heavy atom. The van der Waals surface area contributed by atoms with Crippen LogP contribution in [0.3, 0.4) is 0 Å². The van der Waals surface area contributed by atoms with E-state index in [1.165, 1.54) is 4.90 Å². The van der Waals surface area contributed by atoms with Gasteiger partial charge in [0.15, 0.2) is 0 Å². The Hall–Kier alpha value is -3.64. The van der Waals surface area contributed by atoms with Gasteiger partial charge in [-0.2, -0.15) is 0 Å². The van der Waals surface area contributed by atoms with Crippen molar-refractivity contribution < 1.29 is 19.4 Å². The van der Waals surface area contributed by atoms with Crippen LogP contribution in [0, 0.1) is 6.92 Å². The number of likely N-dealkylation sites (tertiary alicyclic amines) is 1. The molecule has 6 nitrogen and oxygen atoms in total. The molecule has 1 atom stereocenters. The van der Waals surface area contributed by atoms with Gasteiger partial charge in [0.25, 0.3) is 11.7 Å². The summed E-state index contributed by atoms with van der Waals surface area (Å²) < 4.78 is 5.72. The number of ketones is 1. The molecule has 1 amide bonds. The van der Waals surface area contributed by atoms with E-state index in [0.717, 1.165) is 17.5 Å². The van der Waals surface area contributed by atoms with Crippen molar-refractivity contribution in [2.75, 3.05) is 6.61 Å². The first-order valence-electron chi connectivity index (χ1n) is 11.1. The second kappa shape index (κ2) is 10.1.